The molecule has 2 aliphatic rings. The minimum absolute atomic E-state index is 0.0624. The van der Waals surface area contributed by atoms with E-state index in [4.69, 9.17) is 16.3 Å². The van der Waals surface area contributed by atoms with E-state index in [1.165, 1.54) is 34.1 Å². The number of aliphatic carboxylic acids is 2. The molecule has 2 heterocycles. The number of hydrogen-bond donors (Lipinski definition) is 4. The Bertz CT molecular complexity index is 1520. The molecule has 1 fully saturated rings. The summed E-state index contributed by atoms with van der Waals surface area (Å²) in [5.74, 6) is -5.11. The normalized spacial score (nSPS) is 19.6. The van der Waals surface area contributed by atoms with Crippen LogP contribution >= 0.6 is 11.6 Å². The number of carbonyl (C=O) groups is 5. The van der Waals surface area contributed by atoms with Crippen LogP contribution in [0.1, 0.15) is 50.8 Å². The topological polar surface area (TPSA) is 174 Å². The molecule has 3 atom stereocenters. The first-order valence-corrected chi connectivity index (χ1v) is 14.3. The van der Waals surface area contributed by atoms with Gasteiger partial charge in [-0.05, 0) is 60.2 Å². The van der Waals surface area contributed by atoms with Crippen LogP contribution in [0, 0.1) is 5.41 Å². The molecule has 1 saturated heterocycles. The Hall–Kier alpha value is -4.42. The summed E-state index contributed by atoms with van der Waals surface area (Å²) in [6.07, 6.45) is 1.63. The number of anilines is 1. The second kappa shape index (κ2) is 12.3. The van der Waals surface area contributed by atoms with E-state index in [1.54, 1.807) is 52.1 Å². The van der Waals surface area contributed by atoms with Gasteiger partial charge in [0, 0.05) is 35.9 Å². The van der Waals surface area contributed by atoms with Crippen molar-refractivity contribution < 1.29 is 44.0 Å². The Labute approximate surface area is 258 Å². The Balaban J connectivity index is 1.49. The van der Waals surface area contributed by atoms with Crippen molar-refractivity contribution in [1.82, 2.24) is 10.2 Å². The summed E-state index contributed by atoms with van der Waals surface area (Å²) >= 11 is 6.09. The van der Waals surface area contributed by atoms with Gasteiger partial charge >= 0.3 is 17.5 Å². The molecule has 0 radical (unpaired) electrons. The van der Waals surface area contributed by atoms with Crippen LogP contribution in [-0.2, 0) is 24.0 Å². The largest absolute Gasteiger partial charge is 0.478 e. The number of hydrogen-bond acceptors (Lipinski definition) is 7. The molecule has 234 valence electrons. The number of nitrogens with one attached hydrogen (secondary N) is 1. The lowest BCUT2D eigenvalue weighted by Crippen LogP contribution is -2.57. The molecule has 4 rings (SSSR count). The maximum Gasteiger partial charge on any atom is 0.363 e. The fraction of sp³-hybridized carbons (Fsp3) is 0.387. The molecule has 13 heteroatoms. The van der Waals surface area contributed by atoms with Crippen LogP contribution in [0.25, 0.3) is 6.08 Å². The van der Waals surface area contributed by atoms with Crippen molar-refractivity contribution >= 4 is 53.0 Å². The molecule has 2 aliphatic heterocycles. The minimum atomic E-state index is -2.89. The molecule has 44 heavy (non-hydrogen) atoms. The number of likely N-dealkylation sites (tertiary alicyclic amines) is 1. The maximum atomic E-state index is 13.8. The van der Waals surface area contributed by atoms with Gasteiger partial charge in [0.25, 0.3) is 0 Å². The van der Waals surface area contributed by atoms with Crippen molar-refractivity contribution in [3.63, 3.8) is 0 Å². The number of carboxylic acid groups (broad SMARTS) is 2. The molecule has 0 aliphatic carbocycles. The van der Waals surface area contributed by atoms with Crippen LogP contribution in [0.15, 0.2) is 48.5 Å². The zero-order valence-corrected chi connectivity index (χ0v) is 25.4. The fourth-order valence-electron chi connectivity index (χ4n) is 5.34. The van der Waals surface area contributed by atoms with E-state index < -0.39 is 53.0 Å². The van der Waals surface area contributed by atoms with E-state index in [2.05, 4.69) is 5.32 Å². The summed E-state index contributed by atoms with van der Waals surface area (Å²) in [4.78, 5) is 66.6. The van der Waals surface area contributed by atoms with Crippen LogP contribution in [0.4, 0.5) is 5.69 Å². The third-order valence-corrected chi connectivity index (χ3v) is 8.03. The number of nitrogens with zero attached hydrogens (tertiary/aromatic N) is 2. The Morgan fingerprint density at radius 1 is 1.11 bits per heavy atom. The second-order valence-electron chi connectivity index (χ2n) is 11.9. The van der Waals surface area contributed by atoms with Crippen LogP contribution < -0.4 is 15.0 Å². The minimum Gasteiger partial charge on any atom is -0.478 e. The number of ether oxygens (including phenoxy) is 1. The SMILES string of the molecule is CN(C(=O)[C@@H]1CCCN1C(=O)[C@@H](NC(=O)C=Cc1ccc2c(c1)C(O)C(C(=O)O)(C(=O)O)O2)C(C)(C)C)c1cccc(Cl)c1. The molecular weight excluding hydrogens is 594 g/mol. The number of aliphatic hydroxyl groups excluding tert-OH is 1. The van der Waals surface area contributed by atoms with Crippen molar-refractivity contribution in [1.29, 1.82) is 0 Å². The fourth-order valence-corrected chi connectivity index (χ4v) is 5.52. The summed E-state index contributed by atoms with van der Waals surface area (Å²) in [6.45, 7) is 5.74. The summed E-state index contributed by atoms with van der Waals surface area (Å²) in [7, 11) is 1.62. The first-order chi connectivity index (χ1) is 20.6. The van der Waals surface area contributed by atoms with Crippen molar-refractivity contribution in [2.24, 2.45) is 5.41 Å². The number of halogens is 1. The van der Waals surface area contributed by atoms with E-state index >= 15 is 0 Å². The van der Waals surface area contributed by atoms with E-state index in [-0.39, 0.29) is 17.2 Å². The monoisotopic (exact) mass is 627 g/mol. The Morgan fingerprint density at radius 3 is 2.41 bits per heavy atom. The number of carboxylic acids is 2. The summed E-state index contributed by atoms with van der Waals surface area (Å²) in [5.41, 5.74) is -2.73. The van der Waals surface area contributed by atoms with Crippen LogP contribution in [0.5, 0.6) is 5.75 Å². The number of likely N-dealkylation sites (N-methyl/N-ethyl adjacent to an activating group) is 1. The molecule has 0 aromatic heterocycles. The average Bonchev–Trinajstić information content (AvgIpc) is 3.56. The number of fused-ring (bicyclic) bond motifs is 1. The van der Waals surface area contributed by atoms with Gasteiger partial charge in [0.05, 0.1) is 0 Å². The quantitative estimate of drug-likeness (QED) is 0.253. The van der Waals surface area contributed by atoms with Gasteiger partial charge in [-0.1, -0.05) is 44.5 Å². The van der Waals surface area contributed by atoms with Crippen molar-refractivity contribution in [2.45, 2.75) is 57.4 Å². The highest BCUT2D eigenvalue weighted by Gasteiger charge is 2.61. The molecule has 2 aromatic rings. The van der Waals surface area contributed by atoms with Gasteiger partial charge in [-0.25, -0.2) is 9.59 Å². The number of rotatable bonds is 8. The van der Waals surface area contributed by atoms with Crippen molar-refractivity contribution in [3.8, 4) is 5.75 Å². The van der Waals surface area contributed by atoms with E-state index in [9.17, 15) is 39.3 Å². The smallest absolute Gasteiger partial charge is 0.363 e. The lowest BCUT2D eigenvalue weighted by molar-refractivity contribution is -0.180. The molecule has 0 saturated carbocycles. The van der Waals surface area contributed by atoms with Gasteiger partial charge in [0.1, 0.15) is 23.9 Å². The summed E-state index contributed by atoms with van der Waals surface area (Å²) < 4.78 is 5.12. The first-order valence-electron chi connectivity index (χ1n) is 13.9. The van der Waals surface area contributed by atoms with Gasteiger partial charge in [-0.3, -0.25) is 14.4 Å². The number of amides is 3. The molecular formula is C31H34ClN3O9. The van der Waals surface area contributed by atoms with E-state index in [0.29, 0.717) is 35.7 Å². The molecule has 4 N–H and O–H groups in total. The predicted molar refractivity (Wildman–Crippen MR) is 160 cm³/mol. The number of benzene rings is 2. The second-order valence-corrected chi connectivity index (χ2v) is 12.3. The van der Waals surface area contributed by atoms with Crippen molar-refractivity contribution in [2.75, 3.05) is 18.5 Å². The number of aliphatic hydroxyl groups is 1. The van der Waals surface area contributed by atoms with Gasteiger partial charge in [0.15, 0.2) is 0 Å². The van der Waals surface area contributed by atoms with Crippen molar-refractivity contribution in [3.05, 3.63) is 64.7 Å². The maximum absolute atomic E-state index is 13.8. The lowest BCUT2D eigenvalue weighted by atomic mass is 9.85. The first kappa shape index (κ1) is 32.5. The predicted octanol–water partition coefficient (Wildman–Crippen LogP) is 2.87. The third kappa shape index (κ3) is 6.13. The average molecular weight is 628 g/mol. The van der Waals surface area contributed by atoms with Gasteiger partial charge in [-0.2, -0.15) is 0 Å². The van der Waals surface area contributed by atoms with Crippen LogP contribution in [0.2, 0.25) is 5.02 Å². The van der Waals surface area contributed by atoms with Gasteiger partial charge < -0.3 is 35.2 Å². The summed E-state index contributed by atoms with van der Waals surface area (Å²) in [6, 6.07) is 9.22. The molecule has 3 amide bonds. The molecule has 12 nitrogen and oxygen atoms in total. The van der Waals surface area contributed by atoms with Crippen LogP contribution in [-0.4, -0.2) is 81.2 Å². The Kier molecular flexibility index (Phi) is 9.08. The summed E-state index contributed by atoms with van der Waals surface area (Å²) in [5, 5.41) is 32.6. The zero-order valence-electron chi connectivity index (χ0n) is 24.6. The molecule has 1 unspecified atom stereocenters. The van der Waals surface area contributed by atoms with E-state index in [0.717, 1.165) is 6.08 Å². The zero-order chi connectivity index (χ0) is 32.6. The number of carbonyl (C=O) groups excluding carboxylic acids is 3. The third-order valence-electron chi connectivity index (χ3n) is 7.79. The highest BCUT2D eigenvalue weighted by Crippen LogP contribution is 2.44. The highest BCUT2D eigenvalue weighted by molar-refractivity contribution is 6.31. The van der Waals surface area contributed by atoms with E-state index in [1.807, 2.05) is 0 Å². The van der Waals surface area contributed by atoms with Gasteiger partial charge in [0.2, 0.25) is 17.7 Å². The van der Waals surface area contributed by atoms with Crippen LogP contribution in [0.3, 0.4) is 0 Å². The molecule has 0 spiro atoms. The van der Waals surface area contributed by atoms with Gasteiger partial charge in [-0.15, -0.1) is 0 Å². The molecule has 0 bridgehead atoms. The lowest BCUT2D eigenvalue weighted by Gasteiger charge is -2.36. The molecule has 2 aromatic carbocycles. The standard InChI is InChI=1S/C31H34ClN3O9/c1-30(2,3)24(27(39)35-14-6-9-21(35)26(38)34(4)19-8-5-7-18(32)16-19)33-23(36)13-11-17-10-12-22-20(15-17)25(37)31(44-22,28(40)41)29(42)43/h5,7-8,10-13,15-16,21,24-25,37H,6,9,14H2,1-4H3,(H,33,36)(H,40,41)(H,42,43)/t21-,24+,25?/m0/s1. The highest BCUT2D eigenvalue weighted by atomic mass is 35.5. The Morgan fingerprint density at radius 2 is 1.80 bits per heavy atom.